The van der Waals surface area contributed by atoms with Crippen LogP contribution >= 0.6 is 11.6 Å². The van der Waals surface area contributed by atoms with Crippen LogP contribution in [0.5, 0.6) is 0 Å². The molecule has 0 aliphatic carbocycles. The molecule has 0 aliphatic rings. The van der Waals surface area contributed by atoms with Crippen molar-refractivity contribution in [3.05, 3.63) is 57.4 Å². The SMILES string of the molecule is Cc1nc(Cc2c(F)cccc2Cl)nc(C)c1CCN. The van der Waals surface area contributed by atoms with E-state index in [4.69, 9.17) is 17.3 Å². The van der Waals surface area contributed by atoms with Gasteiger partial charge in [-0.1, -0.05) is 17.7 Å². The van der Waals surface area contributed by atoms with Crippen LogP contribution in [-0.2, 0) is 12.8 Å². The molecule has 0 fully saturated rings. The molecule has 0 atom stereocenters. The molecule has 2 aromatic rings. The Morgan fingerprint density at radius 2 is 1.80 bits per heavy atom. The standard InChI is InChI=1S/C15H17ClFN3/c1-9-11(6-7-18)10(2)20-15(19-9)8-12-13(16)4-3-5-14(12)17/h3-5H,6-8,18H2,1-2H3. The highest BCUT2D eigenvalue weighted by Gasteiger charge is 2.12. The highest BCUT2D eigenvalue weighted by Crippen LogP contribution is 2.22. The number of aromatic nitrogens is 2. The number of hydrogen-bond acceptors (Lipinski definition) is 3. The summed E-state index contributed by atoms with van der Waals surface area (Å²) in [6.07, 6.45) is 1.04. The third-order valence-electron chi connectivity index (χ3n) is 3.26. The third-order valence-corrected chi connectivity index (χ3v) is 3.61. The minimum atomic E-state index is -0.331. The Morgan fingerprint density at radius 1 is 1.15 bits per heavy atom. The van der Waals surface area contributed by atoms with Crippen molar-refractivity contribution in [3.63, 3.8) is 0 Å². The monoisotopic (exact) mass is 293 g/mol. The molecule has 1 heterocycles. The average Bonchev–Trinajstić information content (AvgIpc) is 2.38. The molecule has 1 aromatic heterocycles. The van der Waals surface area contributed by atoms with E-state index in [0.717, 1.165) is 23.4 Å². The van der Waals surface area contributed by atoms with E-state index in [9.17, 15) is 4.39 Å². The Kier molecular flexibility index (Phi) is 4.68. The Labute approximate surface area is 123 Å². The van der Waals surface area contributed by atoms with Crippen LogP contribution in [0.25, 0.3) is 0 Å². The lowest BCUT2D eigenvalue weighted by Crippen LogP contribution is -2.11. The summed E-state index contributed by atoms with van der Waals surface area (Å²) in [6, 6.07) is 4.65. The molecule has 0 bridgehead atoms. The molecule has 1 aromatic carbocycles. The van der Waals surface area contributed by atoms with Gasteiger partial charge >= 0.3 is 0 Å². The van der Waals surface area contributed by atoms with Crippen LogP contribution in [0.4, 0.5) is 4.39 Å². The van der Waals surface area contributed by atoms with E-state index in [1.54, 1.807) is 12.1 Å². The smallest absolute Gasteiger partial charge is 0.133 e. The maximum atomic E-state index is 13.8. The predicted molar refractivity (Wildman–Crippen MR) is 78.5 cm³/mol. The van der Waals surface area contributed by atoms with Crippen molar-refractivity contribution in [1.82, 2.24) is 9.97 Å². The molecule has 2 rings (SSSR count). The summed E-state index contributed by atoms with van der Waals surface area (Å²) >= 11 is 6.03. The van der Waals surface area contributed by atoms with Gasteiger partial charge in [0, 0.05) is 28.4 Å². The zero-order valence-corrected chi connectivity index (χ0v) is 12.3. The van der Waals surface area contributed by atoms with Gasteiger partial charge in [0.25, 0.3) is 0 Å². The van der Waals surface area contributed by atoms with Gasteiger partial charge in [-0.15, -0.1) is 0 Å². The van der Waals surface area contributed by atoms with Gasteiger partial charge in [-0.25, -0.2) is 14.4 Å². The lowest BCUT2D eigenvalue weighted by atomic mass is 10.1. The van der Waals surface area contributed by atoms with Crippen LogP contribution in [0.2, 0.25) is 5.02 Å². The maximum absolute atomic E-state index is 13.8. The lowest BCUT2D eigenvalue weighted by Gasteiger charge is -2.11. The highest BCUT2D eigenvalue weighted by molar-refractivity contribution is 6.31. The predicted octanol–water partition coefficient (Wildman–Crippen LogP) is 2.98. The molecule has 3 nitrogen and oxygen atoms in total. The zero-order valence-electron chi connectivity index (χ0n) is 11.6. The van der Waals surface area contributed by atoms with Crippen molar-refractivity contribution in [1.29, 1.82) is 0 Å². The molecule has 0 aliphatic heterocycles. The molecule has 0 saturated heterocycles. The van der Waals surface area contributed by atoms with Crippen molar-refractivity contribution < 1.29 is 4.39 Å². The van der Waals surface area contributed by atoms with E-state index >= 15 is 0 Å². The fourth-order valence-corrected chi connectivity index (χ4v) is 2.48. The van der Waals surface area contributed by atoms with Crippen LogP contribution in [0.3, 0.4) is 0 Å². The molecular weight excluding hydrogens is 277 g/mol. The second-order valence-corrected chi connectivity index (χ2v) is 5.11. The van der Waals surface area contributed by atoms with E-state index in [1.165, 1.54) is 6.07 Å². The van der Waals surface area contributed by atoms with Crippen molar-refractivity contribution in [2.45, 2.75) is 26.7 Å². The van der Waals surface area contributed by atoms with Gasteiger partial charge in [0.05, 0.1) is 0 Å². The van der Waals surface area contributed by atoms with E-state index in [1.807, 2.05) is 13.8 Å². The van der Waals surface area contributed by atoms with Crippen molar-refractivity contribution in [3.8, 4) is 0 Å². The van der Waals surface area contributed by atoms with Crippen LogP contribution in [-0.4, -0.2) is 16.5 Å². The minimum absolute atomic E-state index is 0.288. The number of aryl methyl sites for hydroxylation is 2. The molecule has 106 valence electrons. The topological polar surface area (TPSA) is 51.8 Å². The van der Waals surface area contributed by atoms with Gasteiger partial charge in [0.15, 0.2) is 0 Å². The number of hydrogen-bond donors (Lipinski definition) is 1. The first-order chi connectivity index (χ1) is 9.52. The molecule has 0 spiro atoms. The third kappa shape index (κ3) is 3.14. The summed E-state index contributed by atoms with van der Waals surface area (Å²) in [7, 11) is 0. The van der Waals surface area contributed by atoms with Gasteiger partial charge in [0.2, 0.25) is 0 Å². The first-order valence-corrected chi connectivity index (χ1v) is 6.86. The van der Waals surface area contributed by atoms with Gasteiger partial charge in [-0.05, 0) is 44.5 Å². The fourth-order valence-electron chi connectivity index (χ4n) is 2.25. The van der Waals surface area contributed by atoms with Gasteiger partial charge in [-0.3, -0.25) is 0 Å². The fraction of sp³-hybridized carbons (Fsp3) is 0.333. The average molecular weight is 294 g/mol. The van der Waals surface area contributed by atoms with Crippen molar-refractivity contribution >= 4 is 11.6 Å². The van der Waals surface area contributed by atoms with Gasteiger partial charge in [0.1, 0.15) is 11.6 Å². The molecule has 0 amide bonds. The lowest BCUT2D eigenvalue weighted by molar-refractivity contribution is 0.611. The second kappa shape index (κ2) is 6.29. The Morgan fingerprint density at radius 3 is 2.35 bits per heavy atom. The summed E-state index contributed by atoms with van der Waals surface area (Å²) in [5.74, 6) is 0.246. The van der Waals surface area contributed by atoms with E-state index in [2.05, 4.69) is 9.97 Å². The summed E-state index contributed by atoms with van der Waals surface area (Å²) in [5.41, 5.74) is 8.86. The van der Waals surface area contributed by atoms with Crippen LogP contribution in [0.15, 0.2) is 18.2 Å². The van der Waals surface area contributed by atoms with E-state index < -0.39 is 0 Å². The largest absolute Gasteiger partial charge is 0.330 e. The molecule has 0 radical (unpaired) electrons. The number of nitrogens with zero attached hydrogens (tertiary/aromatic N) is 2. The van der Waals surface area contributed by atoms with Gasteiger partial charge in [-0.2, -0.15) is 0 Å². The Balaban J connectivity index is 2.35. The van der Waals surface area contributed by atoms with Crippen LogP contribution in [0, 0.1) is 19.7 Å². The minimum Gasteiger partial charge on any atom is -0.330 e. The molecule has 0 unspecified atom stereocenters. The molecule has 5 heteroatoms. The number of nitrogens with two attached hydrogens (primary N) is 1. The number of rotatable bonds is 4. The Hall–Kier alpha value is -1.52. The summed E-state index contributed by atoms with van der Waals surface area (Å²) in [5, 5.41) is 0.398. The zero-order chi connectivity index (χ0) is 14.7. The first-order valence-electron chi connectivity index (χ1n) is 6.49. The van der Waals surface area contributed by atoms with E-state index in [-0.39, 0.29) is 12.2 Å². The maximum Gasteiger partial charge on any atom is 0.133 e. The summed E-state index contributed by atoms with van der Waals surface area (Å²) in [6.45, 7) is 4.40. The number of benzene rings is 1. The summed E-state index contributed by atoms with van der Waals surface area (Å²) < 4.78 is 13.8. The molecular formula is C15H17ClFN3. The highest BCUT2D eigenvalue weighted by atomic mass is 35.5. The quantitative estimate of drug-likeness (QED) is 0.943. The van der Waals surface area contributed by atoms with Crippen molar-refractivity contribution in [2.24, 2.45) is 5.73 Å². The molecule has 0 saturated carbocycles. The van der Waals surface area contributed by atoms with Crippen LogP contribution in [0.1, 0.15) is 28.3 Å². The summed E-state index contributed by atoms with van der Waals surface area (Å²) in [4.78, 5) is 8.88. The normalized spacial score (nSPS) is 10.8. The van der Waals surface area contributed by atoms with Crippen LogP contribution < -0.4 is 5.73 Å². The number of halogens is 2. The van der Waals surface area contributed by atoms with Gasteiger partial charge < -0.3 is 5.73 Å². The Bertz CT molecular complexity index is 585. The van der Waals surface area contributed by atoms with Crippen molar-refractivity contribution in [2.75, 3.05) is 6.54 Å². The molecule has 2 N–H and O–H groups in total. The first kappa shape index (κ1) is 14.9. The second-order valence-electron chi connectivity index (χ2n) is 4.70. The van der Waals surface area contributed by atoms with E-state index in [0.29, 0.717) is 23.0 Å². The molecule has 20 heavy (non-hydrogen) atoms.